The molecule has 0 fully saturated rings. The number of halogens is 1. The molecule has 0 aliphatic rings. The van der Waals surface area contributed by atoms with Crippen molar-refractivity contribution in [2.45, 2.75) is 25.4 Å². The second-order valence-corrected chi connectivity index (χ2v) is 6.18. The van der Waals surface area contributed by atoms with Gasteiger partial charge in [-0.25, -0.2) is 9.59 Å². The second-order valence-electron chi connectivity index (χ2n) is 5.74. The summed E-state index contributed by atoms with van der Waals surface area (Å²) in [5, 5.41) is 12.7. The number of rotatable bonds is 6. The fraction of sp³-hybridized carbons (Fsp3) is 0.294. The van der Waals surface area contributed by atoms with Gasteiger partial charge in [-0.2, -0.15) is 0 Å². The van der Waals surface area contributed by atoms with Crippen LogP contribution in [0.4, 0.5) is 0 Å². The van der Waals surface area contributed by atoms with Crippen molar-refractivity contribution in [1.82, 2.24) is 14.5 Å². The maximum absolute atomic E-state index is 12.4. The first-order valence-corrected chi connectivity index (χ1v) is 8.16. The lowest BCUT2D eigenvalue weighted by Crippen LogP contribution is -2.53. The monoisotopic (exact) mass is 379 g/mol. The molecule has 0 aliphatic heterocycles. The maximum atomic E-state index is 12.4. The quantitative estimate of drug-likeness (QED) is 0.767. The maximum Gasteiger partial charge on any atom is 0.334 e. The van der Waals surface area contributed by atoms with Crippen molar-refractivity contribution in [3.63, 3.8) is 0 Å². The van der Waals surface area contributed by atoms with Gasteiger partial charge in [0.05, 0.1) is 0 Å². The second kappa shape index (κ2) is 7.57. The Bertz CT molecular complexity index is 948. The molecule has 0 saturated heterocycles. The zero-order chi connectivity index (χ0) is 19.5. The van der Waals surface area contributed by atoms with Crippen LogP contribution in [0.2, 0.25) is 5.02 Å². The number of carbonyl (C=O) groups is 2. The summed E-state index contributed by atoms with van der Waals surface area (Å²) in [7, 11) is 1.29. The van der Waals surface area contributed by atoms with Crippen molar-refractivity contribution in [2.24, 2.45) is 7.05 Å². The predicted molar refractivity (Wildman–Crippen MR) is 95.1 cm³/mol. The van der Waals surface area contributed by atoms with Crippen LogP contribution in [0, 0.1) is 0 Å². The molecule has 0 aliphatic carbocycles. The van der Waals surface area contributed by atoms with Gasteiger partial charge in [-0.3, -0.25) is 18.7 Å². The van der Waals surface area contributed by atoms with E-state index in [1.807, 2.05) is 0 Å². The van der Waals surface area contributed by atoms with E-state index in [1.165, 1.54) is 37.5 Å². The highest BCUT2D eigenvalue weighted by Crippen LogP contribution is 2.27. The lowest BCUT2D eigenvalue weighted by atomic mass is 9.87. The average Bonchev–Trinajstić information content (AvgIpc) is 2.61. The number of hydrogen-bond donors (Lipinski definition) is 2. The molecule has 0 bridgehead atoms. The van der Waals surface area contributed by atoms with Gasteiger partial charge in [0.2, 0.25) is 5.91 Å². The van der Waals surface area contributed by atoms with Crippen LogP contribution >= 0.6 is 11.6 Å². The van der Waals surface area contributed by atoms with Gasteiger partial charge in [0, 0.05) is 24.3 Å². The third-order valence-electron chi connectivity index (χ3n) is 4.16. The molecule has 2 aromatic rings. The first-order valence-electron chi connectivity index (χ1n) is 7.78. The molecule has 26 heavy (non-hydrogen) atoms. The Morgan fingerprint density at radius 3 is 2.35 bits per heavy atom. The largest absolute Gasteiger partial charge is 0.479 e. The Hall–Kier alpha value is -2.87. The van der Waals surface area contributed by atoms with Gasteiger partial charge in [0.25, 0.3) is 5.56 Å². The van der Waals surface area contributed by atoms with Crippen LogP contribution in [0.25, 0.3) is 0 Å². The van der Waals surface area contributed by atoms with E-state index in [2.05, 4.69) is 5.32 Å². The fourth-order valence-electron chi connectivity index (χ4n) is 2.60. The molecule has 1 atom stereocenters. The van der Waals surface area contributed by atoms with Crippen molar-refractivity contribution in [3.05, 3.63) is 68.0 Å². The predicted octanol–water partition coefficient (Wildman–Crippen LogP) is 0.707. The molecular weight excluding hydrogens is 362 g/mol. The smallest absolute Gasteiger partial charge is 0.334 e. The Morgan fingerprint density at radius 1 is 1.19 bits per heavy atom. The zero-order valence-corrected chi connectivity index (χ0v) is 15.0. The third-order valence-corrected chi connectivity index (χ3v) is 4.41. The van der Waals surface area contributed by atoms with Gasteiger partial charge >= 0.3 is 11.7 Å². The summed E-state index contributed by atoms with van der Waals surface area (Å²) in [6, 6.07) is 7.27. The molecule has 138 valence electrons. The van der Waals surface area contributed by atoms with Crippen molar-refractivity contribution >= 4 is 23.5 Å². The minimum Gasteiger partial charge on any atom is -0.479 e. The summed E-state index contributed by atoms with van der Waals surface area (Å²) in [6.07, 6.45) is 1.28. The van der Waals surface area contributed by atoms with Crippen molar-refractivity contribution in [3.8, 4) is 0 Å². The summed E-state index contributed by atoms with van der Waals surface area (Å²) < 4.78 is 1.89. The molecule has 0 radical (unpaired) electrons. The number of nitrogens with one attached hydrogen (secondary N) is 1. The minimum atomic E-state index is -1.66. The van der Waals surface area contributed by atoms with Crippen LogP contribution in [-0.4, -0.2) is 26.1 Å². The Morgan fingerprint density at radius 2 is 1.81 bits per heavy atom. The number of nitrogens with zero attached hydrogens (tertiary/aromatic N) is 2. The van der Waals surface area contributed by atoms with E-state index >= 15 is 0 Å². The Labute approximate surface area is 153 Å². The molecule has 1 aromatic carbocycles. The van der Waals surface area contributed by atoms with Gasteiger partial charge in [0.1, 0.15) is 6.54 Å². The van der Waals surface area contributed by atoms with Gasteiger partial charge in [0.15, 0.2) is 5.54 Å². The molecule has 1 unspecified atom stereocenters. The molecule has 9 heteroatoms. The highest BCUT2D eigenvalue weighted by atomic mass is 35.5. The van der Waals surface area contributed by atoms with Crippen LogP contribution in [0.3, 0.4) is 0 Å². The number of carboxylic acid groups (broad SMARTS) is 1. The zero-order valence-electron chi connectivity index (χ0n) is 14.2. The fourth-order valence-corrected chi connectivity index (χ4v) is 2.72. The van der Waals surface area contributed by atoms with Crippen LogP contribution in [0.15, 0.2) is 46.1 Å². The van der Waals surface area contributed by atoms with E-state index in [9.17, 15) is 24.3 Å². The van der Waals surface area contributed by atoms with Crippen LogP contribution in [0.5, 0.6) is 0 Å². The van der Waals surface area contributed by atoms with E-state index < -0.39 is 35.2 Å². The van der Waals surface area contributed by atoms with Gasteiger partial charge in [-0.05, 0) is 24.1 Å². The number of aromatic nitrogens is 2. The van der Waals surface area contributed by atoms with Crippen molar-refractivity contribution in [1.29, 1.82) is 0 Å². The van der Waals surface area contributed by atoms with Crippen LogP contribution < -0.4 is 16.6 Å². The number of carboxylic acids is 1. The Kier molecular flexibility index (Phi) is 5.66. The standard InChI is InChI=1S/C17H18ClN3O5/c1-3-17(15(24)25,11-4-6-12(18)7-5-11)19-13(22)10-21-9-8-14(23)20(2)16(21)26/h4-9H,3,10H2,1-2H3,(H,19,22)(H,24,25). The minimum absolute atomic E-state index is 0.0812. The van der Waals surface area contributed by atoms with Crippen LogP contribution in [0.1, 0.15) is 18.9 Å². The molecular formula is C17H18ClN3O5. The average molecular weight is 380 g/mol. The summed E-state index contributed by atoms with van der Waals surface area (Å²) in [5.74, 6) is -1.91. The first-order chi connectivity index (χ1) is 12.2. The highest BCUT2D eigenvalue weighted by molar-refractivity contribution is 6.30. The lowest BCUT2D eigenvalue weighted by molar-refractivity contribution is -0.148. The number of aliphatic carboxylic acids is 1. The summed E-state index contributed by atoms with van der Waals surface area (Å²) >= 11 is 5.84. The lowest BCUT2D eigenvalue weighted by Gasteiger charge is -2.30. The van der Waals surface area contributed by atoms with Crippen molar-refractivity contribution < 1.29 is 14.7 Å². The molecule has 8 nitrogen and oxygen atoms in total. The first kappa shape index (κ1) is 19.5. The van der Waals surface area contributed by atoms with Crippen molar-refractivity contribution in [2.75, 3.05) is 0 Å². The van der Waals surface area contributed by atoms with Gasteiger partial charge < -0.3 is 10.4 Å². The highest BCUT2D eigenvalue weighted by Gasteiger charge is 2.40. The van der Waals surface area contributed by atoms with E-state index in [1.54, 1.807) is 6.92 Å². The normalized spacial score (nSPS) is 13.0. The molecule has 2 rings (SSSR count). The van der Waals surface area contributed by atoms with Crippen LogP contribution in [-0.2, 0) is 28.7 Å². The summed E-state index contributed by atoms with van der Waals surface area (Å²) in [4.78, 5) is 47.8. The molecule has 0 spiro atoms. The third kappa shape index (κ3) is 3.70. The molecule has 1 heterocycles. The molecule has 1 aromatic heterocycles. The van der Waals surface area contributed by atoms with E-state index in [4.69, 9.17) is 11.6 Å². The van der Waals surface area contributed by atoms with Gasteiger partial charge in [-0.15, -0.1) is 0 Å². The molecule has 2 N–H and O–H groups in total. The van der Waals surface area contributed by atoms with E-state index in [0.29, 0.717) is 10.6 Å². The van der Waals surface area contributed by atoms with E-state index in [-0.39, 0.29) is 6.42 Å². The number of benzene rings is 1. The molecule has 0 saturated carbocycles. The van der Waals surface area contributed by atoms with Gasteiger partial charge in [-0.1, -0.05) is 30.7 Å². The number of amides is 1. The summed E-state index contributed by atoms with van der Waals surface area (Å²) in [6.45, 7) is 1.21. The topological polar surface area (TPSA) is 110 Å². The summed E-state index contributed by atoms with van der Waals surface area (Å²) in [5.41, 5.74) is -2.47. The SMILES string of the molecule is CCC(NC(=O)Cn1ccc(=O)n(C)c1=O)(C(=O)O)c1ccc(Cl)cc1. The molecule has 1 amide bonds. The number of hydrogen-bond acceptors (Lipinski definition) is 4. The Balaban J connectivity index is 2.35. The van der Waals surface area contributed by atoms with E-state index in [0.717, 1.165) is 15.2 Å². The number of carbonyl (C=O) groups excluding carboxylic acids is 1.